The Labute approximate surface area is 108 Å². The van der Waals surface area contributed by atoms with Gasteiger partial charge in [-0.25, -0.2) is 4.79 Å². The number of hydrogen-bond donors (Lipinski definition) is 1. The van der Waals surface area contributed by atoms with Crippen LogP contribution in [-0.4, -0.2) is 22.8 Å². The first-order chi connectivity index (χ1) is 8.40. The molecule has 1 aliphatic heterocycles. The molecule has 0 amide bonds. The van der Waals surface area contributed by atoms with Crippen molar-refractivity contribution in [2.75, 3.05) is 0 Å². The van der Waals surface area contributed by atoms with Gasteiger partial charge in [-0.3, -0.25) is 0 Å². The average molecular weight is 248 g/mol. The molecule has 2 aliphatic carbocycles. The van der Waals surface area contributed by atoms with Crippen LogP contribution in [0.2, 0.25) is 0 Å². The topological polar surface area (TPSA) is 46.5 Å². The Hall–Kier alpha value is -1.09. The van der Waals surface area contributed by atoms with Crippen molar-refractivity contribution in [1.82, 2.24) is 0 Å². The van der Waals surface area contributed by atoms with Crippen LogP contribution in [0.4, 0.5) is 0 Å². The summed E-state index contributed by atoms with van der Waals surface area (Å²) in [6.45, 7) is 7.90. The Morgan fingerprint density at radius 1 is 1.56 bits per heavy atom. The molecule has 3 rings (SSSR count). The third-order valence-electron chi connectivity index (χ3n) is 4.94. The number of ether oxygens (including phenoxy) is 1. The van der Waals surface area contributed by atoms with Gasteiger partial charge in [-0.2, -0.15) is 0 Å². The van der Waals surface area contributed by atoms with E-state index in [-0.39, 0.29) is 29.8 Å². The minimum absolute atomic E-state index is 0.0676. The maximum Gasteiger partial charge on any atom is 0.334 e. The molecule has 1 saturated carbocycles. The van der Waals surface area contributed by atoms with Crippen molar-refractivity contribution >= 4 is 5.97 Å². The lowest BCUT2D eigenvalue weighted by atomic mass is 9.59. The van der Waals surface area contributed by atoms with Crippen LogP contribution in [0.1, 0.15) is 33.1 Å². The van der Waals surface area contributed by atoms with Crippen LogP contribution in [0.3, 0.4) is 0 Å². The molecule has 0 aromatic rings. The van der Waals surface area contributed by atoms with Gasteiger partial charge in [0, 0.05) is 17.9 Å². The molecule has 0 spiro atoms. The summed E-state index contributed by atoms with van der Waals surface area (Å²) >= 11 is 0. The molecule has 1 saturated heterocycles. The van der Waals surface area contributed by atoms with E-state index in [2.05, 4.69) is 19.6 Å². The molecule has 1 N–H and O–H groups in total. The molecule has 3 nitrogen and oxygen atoms in total. The lowest BCUT2D eigenvalue weighted by Crippen LogP contribution is -2.51. The van der Waals surface area contributed by atoms with E-state index in [1.807, 2.05) is 6.92 Å². The molecule has 3 heteroatoms. The molecular weight excluding hydrogens is 228 g/mol. The highest BCUT2D eigenvalue weighted by molar-refractivity contribution is 5.91. The van der Waals surface area contributed by atoms with Gasteiger partial charge in [0.2, 0.25) is 0 Å². The molecule has 0 aromatic carbocycles. The van der Waals surface area contributed by atoms with E-state index in [1.165, 1.54) is 5.57 Å². The Morgan fingerprint density at radius 2 is 2.28 bits per heavy atom. The highest BCUT2D eigenvalue weighted by atomic mass is 16.6. The minimum atomic E-state index is -0.742. The van der Waals surface area contributed by atoms with Crippen molar-refractivity contribution in [3.63, 3.8) is 0 Å². The number of carbonyl (C=O) groups excluding carboxylic acids is 1. The number of hydrogen-bond acceptors (Lipinski definition) is 3. The van der Waals surface area contributed by atoms with Crippen LogP contribution in [0.25, 0.3) is 0 Å². The first-order valence-electron chi connectivity index (χ1n) is 6.69. The summed E-state index contributed by atoms with van der Waals surface area (Å²) in [6.07, 6.45) is 4.60. The molecule has 0 aromatic heterocycles. The zero-order valence-corrected chi connectivity index (χ0v) is 11.0. The van der Waals surface area contributed by atoms with Crippen LogP contribution in [-0.2, 0) is 9.53 Å². The number of rotatable bonds is 0. The van der Waals surface area contributed by atoms with Gasteiger partial charge in [0.05, 0.1) is 5.60 Å². The van der Waals surface area contributed by atoms with Gasteiger partial charge in [0.1, 0.15) is 6.10 Å². The third-order valence-corrected chi connectivity index (χ3v) is 4.94. The predicted molar refractivity (Wildman–Crippen MR) is 67.7 cm³/mol. The fourth-order valence-corrected chi connectivity index (χ4v) is 4.04. The normalized spacial score (nSPS) is 47.2. The molecule has 1 heterocycles. The second kappa shape index (κ2) is 3.70. The zero-order chi connectivity index (χ0) is 13.1. The Balaban J connectivity index is 2.03. The van der Waals surface area contributed by atoms with Gasteiger partial charge in [0.25, 0.3) is 0 Å². The monoisotopic (exact) mass is 248 g/mol. The third kappa shape index (κ3) is 1.57. The van der Waals surface area contributed by atoms with Crippen molar-refractivity contribution in [3.8, 4) is 0 Å². The average Bonchev–Trinajstić information content (AvgIpc) is 2.53. The molecule has 0 radical (unpaired) electrons. The highest BCUT2D eigenvalue weighted by Crippen LogP contribution is 2.52. The summed E-state index contributed by atoms with van der Waals surface area (Å²) in [5.74, 6) is 0.205. The SMILES string of the molecule is C=C1C(=O)O[C@@H]2C[C@](C)(O)[C@H]3CCC(C)=C[C@@H]3[C@H]12. The first kappa shape index (κ1) is 12.0. The van der Waals surface area contributed by atoms with E-state index >= 15 is 0 Å². The van der Waals surface area contributed by atoms with Crippen molar-refractivity contribution in [3.05, 3.63) is 23.8 Å². The highest BCUT2D eigenvalue weighted by Gasteiger charge is 2.55. The summed E-state index contributed by atoms with van der Waals surface area (Å²) < 4.78 is 5.37. The van der Waals surface area contributed by atoms with Crippen LogP contribution in [0, 0.1) is 17.8 Å². The van der Waals surface area contributed by atoms with Crippen LogP contribution in [0.5, 0.6) is 0 Å². The van der Waals surface area contributed by atoms with Gasteiger partial charge in [-0.1, -0.05) is 18.2 Å². The van der Waals surface area contributed by atoms with Crippen LogP contribution < -0.4 is 0 Å². The van der Waals surface area contributed by atoms with Gasteiger partial charge < -0.3 is 9.84 Å². The number of esters is 1. The predicted octanol–water partition coefficient (Wildman–Crippen LogP) is 2.21. The van der Waals surface area contributed by atoms with E-state index < -0.39 is 5.60 Å². The van der Waals surface area contributed by atoms with E-state index in [4.69, 9.17) is 4.74 Å². The Bertz CT molecular complexity index is 447. The molecule has 18 heavy (non-hydrogen) atoms. The second-order valence-corrected chi connectivity index (χ2v) is 6.29. The van der Waals surface area contributed by atoms with Crippen molar-refractivity contribution < 1.29 is 14.6 Å². The molecule has 0 unspecified atom stereocenters. The Kier molecular flexibility index (Phi) is 2.46. The summed E-state index contributed by atoms with van der Waals surface area (Å²) in [5, 5.41) is 10.6. The molecule has 2 fully saturated rings. The number of aliphatic hydroxyl groups is 1. The first-order valence-corrected chi connectivity index (χ1v) is 6.69. The van der Waals surface area contributed by atoms with Gasteiger partial charge in [0.15, 0.2) is 0 Å². The van der Waals surface area contributed by atoms with Gasteiger partial charge in [-0.05, 0) is 38.5 Å². The number of allylic oxidation sites excluding steroid dienone is 2. The lowest BCUT2D eigenvalue weighted by molar-refractivity contribution is -0.149. The summed E-state index contributed by atoms with van der Waals surface area (Å²) in [7, 11) is 0. The van der Waals surface area contributed by atoms with Crippen LogP contribution >= 0.6 is 0 Å². The smallest absolute Gasteiger partial charge is 0.334 e. The van der Waals surface area contributed by atoms with Gasteiger partial charge in [-0.15, -0.1) is 0 Å². The largest absolute Gasteiger partial charge is 0.458 e. The lowest BCUT2D eigenvalue weighted by Gasteiger charge is -2.48. The van der Waals surface area contributed by atoms with E-state index in [0.717, 1.165) is 12.8 Å². The quantitative estimate of drug-likeness (QED) is 0.406. The molecule has 5 atom stereocenters. The van der Waals surface area contributed by atoms with E-state index in [1.54, 1.807) is 0 Å². The standard InChI is InChI=1S/C15H20O3/c1-8-4-5-11-10(6-8)13-9(2)14(16)18-12(13)7-15(11,3)17/h6,10-13,17H,2,4-5,7H2,1,3H3/t10-,11-,12+,13-,15-/m0/s1. The second-order valence-electron chi connectivity index (χ2n) is 6.29. The number of fused-ring (bicyclic) bond motifs is 3. The van der Waals surface area contributed by atoms with Crippen molar-refractivity contribution in [2.24, 2.45) is 17.8 Å². The summed E-state index contributed by atoms with van der Waals surface area (Å²) in [5.41, 5.74) is 1.20. The summed E-state index contributed by atoms with van der Waals surface area (Å²) in [4.78, 5) is 11.7. The van der Waals surface area contributed by atoms with Gasteiger partial charge >= 0.3 is 5.97 Å². The maximum absolute atomic E-state index is 11.7. The molecular formula is C15H20O3. The molecule has 98 valence electrons. The van der Waals surface area contributed by atoms with Crippen molar-refractivity contribution in [1.29, 1.82) is 0 Å². The van der Waals surface area contributed by atoms with Crippen LogP contribution in [0.15, 0.2) is 23.8 Å². The summed E-state index contributed by atoms with van der Waals surface area (Å²) in [6, 6.07) is 0. The zero-order valence-electron chi connectivity index (χ0n) is 11.0. The van der Waals surface area contributed by atoms with E-state index in [9.17, 15) is 9.90 Å². The minimum Gasteiger partial charge on any atom is -0.458 e. The molecule has 3 aliphatic rings. The van der Waals surface area contributed by atoms with Crippen molar-refractivity contribution in [2.45, 2.75) is 44.8 Å². The number of carbonyl (C=O) groups is 1. The fourth-order valence-electron chi connectivity index (χ4n) is 4.04. The Morgan fingerprint density at radius 3 is 3.00 bits per heavy atom. The molecule has 0 bridgehead atoms. The van der Waals surface area contributed by atoms with E-state index in [0.29, 0.717) is 12.0 Å². The maximum atomic E-state index is 11.7. The fraction of sp³-hybridized carbons (Fsp3) is 0.667.